The third kappa shape index (κ3) is 3.71. The van der Waals surface area contributed by atoms with Crippen molar-refractivity contribution in [2.24, 2.45) is 5.92 Å². The van der Waals surface area contributed by atoms with Crippen LogP contribution in [0.1, 0.15) is 58.5 Å². The molecule has 2 aromatic rings. The van der Waals surface area contributed by atoms with Crippen molar-refractivity contribution < 1.29 is 9.59 Å². The van der Waals surface area contributed by atoms with Gasteiger partial charge in [-0.3, -0.25) is 14.4 Å². The van der Waals surface area contributed by atoms with E-state index in [-0.39, 0.29) is 17.4 Å². The van der Waals surface area contributed by atoms with Gasteiger partial charge in [-0.05, 0) is 37.3 Å². The molecular formula is C20H22N2O3. The van der Waals surface area contributed by atoms with Gasteiger partial charge >= 0.3 is 0 Å². The topological polar surface area (TPSA) is 68.2 Å². The first-order chi connectivity index (χ1) is 12.0. The number of amides is 1. The number of pyridine rings is 1. The summed E-state index contributed by atoms with van der Waals surface area (Å²) in [7, 11) is 1.48. The van der Waals surface area contributed by atoms with Crippen LogP contribution in [0.3, 0.4) is 0 Å². The fourth-order valence-corrected chi connectivity index (χ4v) is 2.93. The Bertz CT molecular complexity index is 851. The van der Waals surface area contributed by atoms with Crippen LogP contribution in [0.5, 0.6) is 0 Å². The summed E-state index contributed by atoms with van der Waals surface area (Å²) in [5.41, 5.74) is 0.984. The molecule has 1 fully saturated rings. The zero-order valence-electron chi connectivity index (χ0n) is 14.5. The smallest absolute Gasteiger partial charge is 0.263 e. The number of nitrogens with one attached hydrogen (secondary N) is 1. The molecule has 1 saturated carbocycles. The summed E-state index contributed by atoms with van der Waals surface area (Å²) in [6, 6.07) is 10.7. The van der Waals surface area contributed by atoms with Gasteiger partial charge in [0, 0.05) is 25.2 Å². The Morgan fingerprint density at radius 2 is 1.92 bits per heavy atom. The van der Waals surface area contributed by atoms with Crippen LogP contribution in [0.4, 0.5) is 0 Å². The van der Waals surface area contributed by atoms with Crippen molar-refractivity contribution in [3.8, 4) is 0 Å². The number of benzene rings is 1. The van der Waals surface area contributed by atoms with Crippen LogP contribution in [0.25, 0.3) is 0 Å². The molecule has 1 heterocycles. The summed E-state index contributed by atoms with van der Waals surface area (Å²) in [5, 5.41) is 2.48. The summed E-state index contributed by atoms with van der Waals surface area (Å²) < 4.78 is 1.49. The van der Waals surface area contributed by atoms with E-state index in [4.69, 9.17) is 0 Å². The zero-order valence-corrected chi connectivity index (χ0v) is 14.5. The fourth-order valence-electron chi connectivity index (χ4n) is 2.93. The lowest BCUT2D eigenvalue weighted by molar-refractivity contribution is 0.0961. The molecule has 3 rings (SSSR count). The van der Waals surface area contributed by atoms with Crippen molar-refractivity contribution in [2.75, 3.05) is 7.05 Å². The minimum Gasteiger partial charge on any atom is -0.355 e. The number of carbonyl (C=O) groups excluding carboxylic acids is 2. The van der Waals surface area contributed by atoms with Crippen LogP contribution in [0.2, 0.25) is 0 Å². The van der Waals surface area contributed by atoms with Gasteiger partial charge in [0.25, 0.3) is 11.5 Å². The molecule has 1 atom stereocenters. The number of hydrogen-bond donors (Lipinski definition) is 1. The summed E-state index contributed by atoms with van der Waals surface area (Å²) >= 11 is 0. The number of Topliss-reactive ketones (excluding diaryl/α,β-unsaturated/α-hetero) is 1. The standard InChI is InChI=1S/C20H22N2O3/c1-13(15-6-4-3-5-7-15)22-12-16(18(23)10-14-8-9-14)11-17(20(22)25)19(24)21-2/h3-7,11-14H,8-10H2,1-2H3,(H,21,24). The highest BCUT2D eigenvalue weighted by Crippen LogP contribution is 2.33. The summed E-state index contributed by atoms with van der Waals surface area (Å²) in [4.78, 5) is 37.4. The van der Waals surface area contributed by atoms with Gasteiger partial charge in [-0.15, -0.1) is 0 Å². The van der Waals surface area contributed by atoms with E-state index in [9.17, 15) is 14.4 Å². The molecule has 5 heteroatoms. The average Bonchev–Trinajstić information content (AvgIpc) is 3.45. The SMILES string of the molecule is CNC(=O)c1cc(C(=O)CC2CC2)cn(C(C)c2ccccc2)c1=O. The van der Waals surface area contributed by atoms with E-state index in [0.717, 1.165) is 18.4 Å². The number of carbonyl (C=O) groups is 2. The number of ketones is 1. The van der Waals surface area contributed by atoms with E-state index in [1.165, 1.54) is 17.7 Å². The molecule has 0 radical (unpaired) electrons. The first-order valence-electron chi connectivity index (χ1n) is 8.57. The van der Waals surface area contributed by atoms with Crippen LogP contribution >= 0.6 is 0 Å². The molecule has 25 heavy (non-hydrogen) atoms. The minimum absolute atomic E-state index is 0.00641. The fraction of sp³-hybridized carbons (Fsp3) is 0.350. The molecule has 0 aliphatic heterocycles. The lowest BCUT2D eigenvalue weighted by atomic mass is 10.0. The first-order valence-corrected chi connectivity index (χ1v) is 8.57. The van der Waals surface area contributed by atoms with Crippen LogP contribution in [0.15, 0.2) is 47.4 Å². The Balaban J connectivity index is 2.07. The number of rotatable bonds is 6. The van der Waals surface area contributed by atoms with Crippen molar-refractivity contribution in [3.05, 3.63) is 69.6 Å². The molecule has 1 aliphatic carbocycles. The molecule has 0 spiro atoms. The second-order valence-electron chi connectivity index (χ2n) is 6.59. The molecule has 0 bridgehead atoms. The van der Waals surface area contributed by atoms with Crippen molar-refractivity contribution in [1.29, 1.82) is 0 Å². The van der Waals surface area contributed by atoms with Gasteiger partial charge in [0.1, 0.15) is 5.56 Å². The van der Waals surface area contributed by atoms with Crippen LogP contribution < -0.4 is 10.9 Å². The van der Waals surface area contributed by atoms with Crippen molar-refractivity contribution in [1.82, 2.24) is 9.88 Å². The van der Waals surface area contributed by atoms with Crippen LogP contribution in [-0.4, -0.2) is 23.3 Å². The van der Waals surface area contributed by atoms with Gasteiger partial charge in [0.15, 0.2) is 5.78 Å². The highest BCUT2D eigenvalue weighted by molar-refractivity contribution is 6.00. The number of nitrogens with zero attached hydrogens (tertiary/aromatic N) is 1. The summed E-state index contributed by atoms with van der Waals surface area (Å²) in [6.07, 6.45) is 4.23. The zero-order chi connectivity index (χ0) is 18.0. The Kier molecular flexibility index (Phi) is 4.83. The maximum atomic E-state index is 12.8. The Morgan fingerprint density at radius 1 is 1.24 bits per heavy atom. The Morgan fingerprint density at radius 3 is 2.52 bits per heavy atom. The van der Waals surface area contributed by atoms with E-state index in [1.807, 2.05) is 37.3 Å². The highest BCUT2D eigenvalue weighted by Gasteiger charge is 2.26. The highest BCUT2D eigenvalue weighted by atomic mass is 16.2. The Hall–Kier alpha value is -2.69. The van der Waals surface area contributed by atoms with Gasteiger partial charge in [0.05, 0.1) is 6.04 Å². The quantitative estimate of drug-likeness (QED) is 0.824. The summed E-state index contributed by atoms with van der Waals surface area (Å²) in [5.74, 6) is -0.0374. The normalized spacial score (nSPS) is 14.8. The van der Waals surface area contributed by atoms with Gasteiger partial charge in [-0.2, -0.15) is 0 Å². The van der Waals surface area contributed by atoms with E-state index in [0.29, 0.717) is 17.9 Å². The molecule has 130 valence electrons. The molecule has 1 amide bonds. The molecule has 1 N–H and O–H groups in total. The average molecular weight is 338 g/mol. The van der Waals surface area contributed by atoms with E-state index >= 15 is 0 Å². The van der Waals surface area contributed by atoms with E-state index in [1.54, 1.807) is 6.20 Å². The van der Waals surface area contributed by atoms with Crippen molar-refractivity contribution >= 4 is 11.7 Å². The second-order valence-corrected chi connectivity index (χ2v) is 6.59. The second kappa shape index (κ2) is 7.05. The lowest BCUT2D eigenvalue weighted by Gasteiger charge is -2.18. The lowest BCUT2D eigenvalue weighted by Crippen LogP contribution is -2.33. The molecule has 1 unspecified atom stereocenters. The van der Waals surface area contributed by atoms with Crippen LogP contribution in [0, 0.1) is 5.92 Å². The molecule has 1 aliphatic rings. The first kappa shape index (κ1) is 17.1. The minimum atomic E-state index is -0.472. The predicted molar refractivity (Wildman–Crippen MR) is 96.0 cm³/mol. The molecular weight excluding hydrogens is 316 g/mol. The number of hydrogen-bond acceptors (Lipinski definition) is 3. The monoisotopic (exact) mass is 338 g/mol. The number of aromatic nitrogens is 1. The summed E-state index contributed by atoms with van der Waals surface area (Å²) in [6.45, 7) is 1.89. The van der Waals surface area contributed by atoms with Gasteiger partial charge in [-0.25, -0.2) is 0 Å². The van der Waals surface area contributed by atoms with Gasteiger partial charge < -0.3 is 9.88 Å². The third-order valence-corrected chi connectivity index (χ3v) is 4.71. The molecule has 0 saturated heterocycles. The maximum absolute atomic E-state index is 12.8. The van der Waals surface area contributed by atoms with Crippen LogP contribution in [-0.2, 0) is 0 Å². The molecule has 1 aromatic heterocycles. The van der Waals surface area contributed by atoms with Crippen molar-refractivity contribution in [3.63, 3.8) is 0 Å². The third-order valence-electron chi connectivity index (χ3n) is 4.71. The van der Waals surface area contributed by atoms with Gasteiger partial charge in [0.2, 0.25) is 0 Å². The van der Waals surface area contributed by atoms with Gasteiger partial charge in [-0.1, -0.05) is 30.3 Å². The van der Waals surface area contributed by atoms with Crippen molar-refractivity contribution in [2.45, 2.75) is 32.2 Å². The van der Waals surface area contributed by atoms with E-state index < -0.39 is 11.5 Å². The maximum Gasteiger partial charge on any atom is 0.263 e. The molecule has 1 aromatic carbocycles. The molecule has 5 nitrogen and oxygen atoms in total. The predicted octanol–water partition coefficient (Wildman–Crippen LogP) is 2.80. The largest absolute Gasteiger partial charge is 0.355 e. The van der Waals surface area contributed by atoms with E-state index in [2.05, 4.69) is 5.32 Å². The Labute approximate surface area is 146 Å².